The third-order valence-corrected chi connectivity index (χ3v) is 3.52. The molecule has 0 spiro atoms. The molecule has 0 aromatic heterocycles. The van der Waals surface area contributed by atoms with Gasteiger partial charge in [-0.3, -0.25) is 0 Å². The van der Waals surface area contributed by atoms with E-state index in [0.717, 1.165) is 32.4 Å². The van der Waals surface area contributed by atoms with Gasteiger partial charge in [0.05, 0.1) is 0 Å². The lowest BCUT2D eigenvalue weighted by molar-refractivity contribution is 0.350. The third kappa shape index (κ3) is 10.4. The SMILES string of the molecule is CCNC(CCCS(C)(=O)=O)CCN(C)C. The first-order chi connectivity index (χ1) is 7.35. The first kappa shape index (κ1) is 15.9. The number of sulfone groups is 1. The van der Waals surface area contributed by atoms with E-state index in [1.165, 1.54) is 6.26 Å². The van der Waals surface area contributed by atoms with Crippen LogP contribution in [0.25, 0.3) is 0 Å². The zero-order valence-corrected chi connectivity index (χ0v) is 11.8. The zero-order valence-electron chi connectivity index (χ0n) is 11.0. The maximum absolute atomic E-state index is 11.0. The molecule has 0 aliphatic carbocycles. The smallest absolute Gasteiger partial charge is 0.147 e. The molecule has 4 nitrogen and oxygen atoms in total. The summed E-state index contributed by atoms with van der Waals surface area (Å²) in [7, 11) is 1.31. The van der Waals surface area contributed by atoms with E-state index < -0.39 is 9.84 Å². The monoisotopic (exact) mass is 250 g/mol. The summed E-state index contributed by atoms with van der Waals surface area (Å²) in [6.45, 7) is 4.06. The Kier molecular flexibility index (Phi) is 7.97. The van der Waals surface area contributed by atoms with E-state index >= 15 is 0 Å². The number of rotatable bonds is 9. The zero-order chi connectivity index (χ0) is 12.6. The van der Waals surface area contributed by atoms with Gasteiger partial charge in [-0.2, -0.15) is 0 Å². The van der Waals surface area contributed by atoms with E-state index in [4.69, 9.17) is 0 Å². The van der Waals surface area contributed by atoms with Crippen LogP contribution in [0.2, 0.25) is 0 Å². The molecule has 0 amide bonds. The second-order valence-electron chi connectivity index (χ2n) is 4.62. The quantitative estimate of drug-likeness (QED) is 0.656. The lowest BCUT2D eigenvalue weighted by Crippen LogP contribution is -2.32. The van der Waals surface area contributed by atoms with Gasteiger partial charge >= 0.3 is 0 Å². The van der Waals surface area contributed by atoms with Crippen molar-refractivity contribution < 1.29 is 8.42 Å². The molecule has 0 radical (unpaired) electrons. The Labute approximate surface area is 100 Å². The van der Waals surface area contributed by atoms with E-state index in [0.29, 0.717) is 11.8 Å². The summed E-state index contributed by atoms with van der Waals surface area (Å²) >= 11 is 0. The summed E-state index contributed by atoms with van der Waals surface area (Å²) in [5.74, 6) is 0.302. The van der Waals surface area contributed by atoms with Crippen molar-refractivity contribution in [2.45, 2.75) is 32.2 Å². The molecule has 16 heavy (non-hydrogen) atoms. The van der Waals surface area contributed by atoms with Gasteiger partial charge in [-0.1, -0.05) is 6.92 Å². The first-order valence-electron chi connectivity index (χ1n) is 5.91. The topological polar surface area (TPSA) is 49.4 Å². The highest BCUT2D eigenvalue weighted by Crippen LogP contribution is 2.04. The van der Waals surface area contributed by atoms with Crippen LogP contribution in [0, 0.1) is 0 Å². The molecule has 1 N–H and O–H groups in total. The van der Waals surface area contributed by atoms with Crippen molar-refractivity contribution in [3.05, 3.63) is 0 Å². The van der Waals surface area contributed by atoms with Crippen molar-refractivity contribution in [2.75, 3.05) is 39.2 Å². The predicted molar refractivity (Wildman–Crippen MR) is 69.6 cm³/mol. The summed E-state index contributed by atoms with van der Waals surface area (Å²) < 4.78 is 22.0. The molecule has 1 atom stereocenters. The van der Waals surface area contributed by atoms with Gasteiger partial charge in [0.15, 0.2) is 0 Å². The minimum Gasteiger partial charge on any atom is -0.314 e. The average molecular weight is 250 g/mol. The predicted octanol–water partition coefficient (Wildman–Crippen LogP) is 0.741. The van der Waals surface area contributed by atoms with Gasteiger partial charge in [-0.15, -0.1) is 0 Å². The van der Waals surface area contributed by atoms with Crippen molar-refractivity contribution in [1.82, 2.24) is 10.2 Å². The average Bonchev–Trinajstić information content (AvgIpc) is 2.12. The largest absolute Gasteiger partial charge is 0.314 e. The molecule has 0 aromatic carbocycles. The van der Waals surface area contributed by atoms with Gasteiger partial charge in [0.25, 0.3) is 0 Å². The molecule has 0 aliphatic heterocycles. The highest BCUT2D eigenvalue weighted by atomic mass is 32.2. The molecule has 0 saturated carbocycles. The molecule has 0 bridgehead atoms. The molecule has 1 unspecified atom stereocenters. The van der Waals surface area contributed by atoms with Gasteiger partial charge in [0.2, 0.25) is 0 Å². The van der Waals surface area contributed by atoms with Crippen molar-refractivity contribution in [1.29, 1.82) is 0 Å². The third-order valence-electron chi connectivity index (χ3n) is 2.49. The van der Waals surface area contributed by atoms with E-state index in [-0.39, 0.29) is 0 Å². The molecule has 0 aromatic rings. The maximum Gasteiger partial charge on any atom is 0.147 e. The molecule has 5 heteroatoms. The van der Waals surface area contributed by atoms with Crippen molar-refractivity contribution in [2.24, 2.45) is 0 Å². The number of hydrogen-bond acceptors (Lipinski definition) is 4. The van der Waals surface area contributed by atoms with Crippen molar-refractivity contribution >= 4 is 9.84 Å². The summed E-state index contributed by atoms with van der Waals surface area (Å²) in [6.07, 6.45) is 4.07. The van der Waals surface area contributed by atoms with Gasteiger partial charge in [0.1, 0.15) is 9.84 Å². The molecular formula is C11H26N2O2S. The molecule has 0 fully saturated rings. The highest BCUT2D eigenvalue weighted by Gasteiger charge is 2.09. The first-order valence-corrected chi connectivity index (χ1v) is 7.97. The van der Waals surface area contributed by atoms with Crippen LogP contribution >= 0.6 is 0 Å². The Hall–Kier alpha value is -0.130. The Morgan fingerprint density at radius 2 is 1.88 bits per heavy atom. The lowest BCUT2D eigenvalue weighted by atomic mass is 10.1. The van der Waals surface area contributed by atoms with Crippen LogP contribution in [0.3, 0.4) is 0 Å². The standard InChI is InChI=1S/C11H26N2O2S/c1-5-12-11(8-9-13(2)3)7-6-10-16(4,14)15/h11-12H,5-10H2,1-4H3. The van der Waals surface area contributed by atoms with E-state index in [2.05, 4.69) is 31.2 Å². The fraction of sp³-hybridized carbons (Fsp3) is 1.00. The van der Waals surface area contributed by atoms with Crippen LogP contribution in [0.5, 0.6) is 0 Å². The van der Waals surface area contributed by atoms with E-state index in [1.54, 1.807) is 0 Å². The van der Waals surface area contributed by atoms with Gasteiger partial charge in [-0.25, -0.2) is 8.42 Å². The fourth-order valence-corrected chi connectivity index (χ4v) is 2.33. The van der Waals surface area contributed by atoms with Crippen LogP contribution in [-0.4, -0.2) is 58.6 Å². The van der Waals surface area contributed by atoms with Crippen LogP contribution in [0.4, 0.5) is 0 Å². The Balaban J connectivity index is 3.84. The minimum absolute atomic E-state index is 0.302. The second-order valence-corrected chi connectivity index (χ2v) is 6.88. The summed E-state index contributed by atoms with van der Waals surface area (Å²) in [6, 6.07) is 0.439. The molecular weight excluding hydrogens is 224 g/mol. The highest BCUT2D eigenvalue weighted by molar-refractivity contribution is 7.90. The van der Waals surface area contributed by atoms with Crippen LogP contribution in [-0.2, 0) is 9.84 Å². The Morgan fingerprint density at radius 3 is 2.31 bits per heavy atom. The minimum atomic E-state index is -2.80. The van der Waals surface area contributed by atoms with E-state index in [1.807, 2.05) is 0 Å². The number of hydrogen-bond donors (Lipinski definition) is 1. The number of nitrogens with zero attached hydrogens (tertiary/aromatic N) is 1. The fourth-order valence-electron chi connectivity index (χ4n) is 1.64. The Morgan fingerprint density at radius 1 is 1.25 bits per heavy atom. The van der Waals surface area contributed by atoms with Crippen molar-refractivity contribution in [3.8, 4) is 0 Å². The van der Waals surface area contributed by atoms with Crippen LogP contribution in [0.15, 0.2) is 0 Å². The molecule has 0 saturated heterocycles. The van der Waals surface area contributed by atoms with Gasteiger partial charge in [0, 0.05) is 18.1 Å². The normalized spacial score (nSPS) is 14.3. The van der Waals surface area contributed by atoms with Gasteiger partial charge in [-0.05, 0) is 46.4 Å². The Bertz CT molecular complexity index is 263. The lowest BCUT2D eigenvalue weighted by Gasteiger charge is -2.19. The molecule has 0 heterocycles. The molecule has 98 valence electrons. The van der Waals surface area contributed by atoms with Gasteiger partial charge < -0.3 is 10.2 Å². The molecule has 0 aliphatic rings. The van der Waals surface area contributed by atoms with Crippen LogP contribution < -0.4 is 5.32 Å². The van der Waals surface area contributed by atoms with E-state index in [9.17, 15) is 8.42 Å². The summed E-state index contributed by atoms with van der Waals surface area (Å²) in [5, 5.41) is 3.40. The van der Waals surface area contributed by atoms with Crippen molar-refractivity contribution in [3.63, 3.8) is 0 Å². The summed E-state index contributed by atoms with van der Waals surface area (Å²) in [5.41, 5.74) is 0. The number of nitrogens with one attached hydrogen (secondary N) is 1. The summed E-state index contributed by atoms with van der Waals surface area (Å²) in [4.78, 5) is 2.15. The maximum atomic E-state index is 11.0. The molecule has 0 rings (SSSR count). The second kappa shape index (κ2) is 8.03. The van der Waals surface area contributed by atoms with Crippen LogP contribution in [0.1, 0.15) is 26.2 Å².